The van der Waals surface area contributed by atoms with Gasteiger partial charge in [0, 0.05) is 19.4 Å². The molecular weight excluding hydrogens is 308 g/mol. The van der Waals surface area contributed by atoms with Crippen LogP contribution < -0.4 is 9.47 Å². The van der Waals surface area contributed by atoms with Gasteiger partial charge in [-0.05, 0) is 63.6 Å². The van der Waals surface area contributed by atoms with Crippen molar-refractivity contribution in [1.82, 2.24) is 0 Å². The fraction of sp³-hybridized carbons (Fsp3) is 0.526. The Morgan fingerprint density at radius 3 is 1.92 bits per heavy atom. The highest BCUT2D eigenvalue weighted by molar-refractivity contribution is 5.74. The number of ether oxygens (including phenoxy) is 2. The third kappa shape index (κ3) is 4.81. The average molecular weight is 335 g/mol. The van der Waals surface area contributed by atoms with Crippen molar-refractivity contribution in [3.8, 4) is 11.5 Å². The van der Waals surface area contributed by atoms with Crippen LogP contribution in [0.4, 0.5) is 0 Å². The van der Waals surface area contributed by atoms with Crippen LogP contribution in [-0.2, 0) is 16.0 Å². The highest BCUT2D eigenvalue weighted by Crippen LogP contribution is 2.39. The Morgan fingerprint density at radius 2 is 1.46 bits per heavy atom. The van der Waals surface area contributed by atoms with E-state index >= 15 is 0 Å². The first-order chi connectivity index (χ1) is 11.0. The molecule has 5 nitrogen and oxygen atoms in total. The molecule has 1 aromatic rings. The number of rotatable bonds is 6. The Bertz CT molecular complexity index is 644. The average Bonchev–Trinajstić information content (AvgIpc) is 2.48. The van der Waals surface area contributed by atoms with Crippen LogP contribution >= 0.6 is 0 Å². The summed E-state index contributed by atoms with van der Waals surface area (Å²) in [6.45, 7) is 13.6. The standard InChI is InChI=1S/C19H27O5/c1-8-19(7,22)10-9-16-13(4)17(23-14(5)20)11(2)12(3)18(16)24-15(6)21/h22H,1,8-10H2,2-7H3. The van der Waals surface area contributed by atoms with E-state index in [1.807, 2.05) is 20.8 Å². The lowest BCUT2D eigenvalue weighted by molar-refractivity contribution is -0.133. The molecule has 5 heteroatoms. The van der Waals surface area contributed by atoms with Gasteiger partial charge in [-0.3, -0.25) is 9.59 Å². The topological polar surface area (TPSA) is 72.8 Å². The molecule has 0 spiro atoms. The largest absolute Gasteiger partial charge is 0.426 e. The summed E-state index contributed by atoms with van der Waals surface area (Å²) in [5.74, 6) is 0.146. The molecule has 1 N–H and O–H groups in total. The van der Waals surface area contributed by atoms with E-state index in [1.54, 1.807) is 6.92 Å². The minimum absolute atomic E-state index is 0.372. The van der Waals surface area contributed by atoms with Gasteiger partial charge in [-0.1, -0.05) is 6.92 Å². The minimum atomic E-state index is -0.916. The van der Waals surface area contributed by atoms with Crippen molar-refractivity contribution in [1.29, 1.82) is 0 Å². The molecular formula is C19H27O5. The van der Waals surface area contributed by atoms with Gasteiger partial charge in [0.15, 0.2) is 0 Å². The summed E-state index contributed by atoms with van der Waals surface area (Å²) in [6.07, 6.45) is 1.30. The highest BCUT2D eigenvalue weighted by Gasteiger charge is 2.24. The normalized spacial score (nSPS) is 13.3. The Kier molecular flexibility index (Phi) is 6.55. The molecule has 0 bridgehead atoms. The first kappa shape index (κ1) is 20.2. The van der Waals surface area contributed by atoms with Crippen LogP contribution in [0, 0.1) is 27.7 Å². The smallest absolute Gasteiger partial charge is 0.308 e. The van der Waals surface area contributed by atoms with Gasteiger partial charge < -0.3 is 14.6 Å². The van der Waals surface area contributed by atoms with Gasteiger partial charge >= 0.3 is 11.9 Å². The summed E-state index contributed by atoms with van der Waals surface area (Å²) in [6, 6.07) is 0. The molecule has 0 fully saturated rings. The van der Waals surface area contributed by atoms with Gasteiger partial charge in [0.25, 0.3) is 0 Å². The number of hydrogen-bond donors (Lipinski definition) is 1. The number of carbonyl (C=O) groups excluding carboxylic acids is 2. The van der Waals surface area contributed by atoms with Crippen LogP contribution in [0.2, 0.25) is 0 Å². The van der Waals surface area contributed by atoms with E-state index in [9.17, 15) is 14.7 Å². The summed E-state index contributed by atoms with van der Waals surface area (Å²) < 4.78 is 10.8. The molecule has 0 saturated heterocycles. The van der Waals surface area contributed by atoms with Crippen LogP contribution in [0.3, 0.4) is 0 Å². The van der Waals surface area contributed by atoms with E-state index in [1.165, 1.54) is 13.8 Å². The first-order valence-corrected chi connectivity index (χ1v) is 8.01. The van der Waals surface area contributed by atoms with E-state index in [0.29, 0.717) is 30.8 Å². The second-order valence-corrected chi connectivity index (χ2v) is 6.45. The zero-order chi connectivity index (χ0) is 18.7. The third-order valence-corrected chi connectivity index (χ3v) is 4.25. The maximum Gasteiger partial charge on any atom is 0.308 e. The Balaban J connectivity index is 3.46. The second kappa shape index (κ2) is 7.79. The van der Waals surface area contributed by atoms with Crippen LogP contribution in [0.1, 0.15) is 55.9 Å². The maximum absolute atomic E-state index is 11.5. The quantitative estimate of drug-likeness (QED) is 0.637. The van der Waals surface area contributed by atoms with Crippen molar-refractivity contribution in [2.24, 2.45) is 0 Å². The lowest BCUT2D eigenvalue weighted by atomic mass is 9.89. The van der Waals surface area contributed by atoms with E-state index < -0.39 is 17.5 Å². The minimum Gasteiger partial charge on any atom is -0.426 e. The van der Waals surface area contributed by atoms with Crippen molar-refractivity contribution in [3.05, 3.63) is 29.2 Å². The van der Waals surface area contributed by atoms with Gasteiger partial charge in [0.2, 0.25) is 0 Å². The molecule has 0 saturated carbocycles. The monoisotopic (exact) mass is 335 g/mol. The second-order valence-electron chi connectivity index (χ2n) is 6.45. The van der Waals surface area contributed by atoms with E-state index in [0.717, 1.165) is 22.3 Å². The number of carbonyl (C=O) groups is 2. The Morgan fingerprint density at radius 1 is 1.00 bits per heavy atom. The fourth-order valence-corrected chi connectivity index (χ4v) is 2.55. The van der Waals surface area contributed by atoms with Crippen molar-refractivity contribution in [2.75, 3.05) is 0 Å². The van der Waals surface area contributed by atoms with E-state index in [4.69, 9.17) is 9.47 Å². The van der Waals surface area contributed by atoms with E-state index in [2.05, 4.69) is 6.92 Å². The number of aliphatic hydroxyl groups is 1. The number of benzene rings is 1. The van der Waals surface area contributed by atoms with Crippen molar-refractivity contribution in [3.63, 3.8) is 0 Å². The summed E-state index contributed by atoms with van der Waals surface area (Å²) in [4.78, 5) is 22.9. The van der Waals surface area contributed by atoms with Gasteiger partial charge in [0.1, 0.15) is 11.5 Å². The SMILES string of the molecule is [CH2]CC(C)(O)CCc1c(C)c(OC(C)=O)c(C)c(C)c1OC(C)=O. The van der Waals surface area contributed by atoms with Gasteiger partial charge in [0.05, 0.1) is 5.60 Å². The lowest BCUT2D eigenvalue weighted by Gasteiger charge is -2.24. The number of esters is 2. The molecule has 133 valence electrons. The molecule has 1 aromatic carbocycles. The molecule has 0 amide bonds. The van der Waals surface area contributed by atoms with Gasteiger partial charge in [-0.25, -0.2) is 0 Å². The molecule has 1 rings (SSSR count). The predicted octanol–water partition coefficient (Wildman–Crippen LogP) is 3.37. The molecule has 0 aliphatic heterocycles. The fourth-order valence-electron chi connectivity index (χ4n) is 2.55. The summed E-state index contributed by atoms with van der Waals surface area (Å²) >= 11 is 0. The maximum atomic E-state index is 11.5. The van der Waals surface area contributed by atoms with Crippen LogP contribution in [0.25, 0.3) is 0 Å². The van der Waals surface area contributed by atoms with Gasteiger partial charge in [-0.15, -0.1) is 0 Å². The lowest BCUT2D eigenvalue weighted by Crippen LogP contribution is -2.24. The predicted molar refractivity (Wildman–Crippen MR) is 92.2 cm³/mol. The van der Waals surface area contributed by atoms with Crippen molar-refractivity contribution >= 4 is 11.9 Å². The molecule has 24 heavy (non-hydrogen) atoms. The Labute approximate surface area is 144 Å². The van der Waals surface area contributed by atoms with Crippen LogP contribution in [-0.4, -0.2) is 22.6 Å². The van der Waals surface area contributed by atoms with Crippen molar-refractivity contribution in [2.45, 2.75) is 66.4 Å². The summed E-state index contributed by atoms with van der Waals surface area (Å²) in [5.41, 5.74) is 2.09. The molecule has 0 aliphatic carbocycles. The highest BCUT2D eigenvalue weighted by atomic mass is 16.5. The van der Waals surface area contributed by atoms with E-state index in [-0.39, 0.29) is 0 Å². The molecule has 1 unspecified atom stereocenters. The third-order valence-electron chi connectivity index (χ3n) is 4.25. The van der Waals surface area contributed by atoms with Crippen LogP contribution in [0.5, 0.6) is 11.5 Å². The summed E-state index contributed by atoms with van der Waals surface area (Å²) in [5, 5.41) is 10.2. The molecule has 1 atom stereocenters. The molecule has 0 heterocycles. The molecule has 1 radical (unpaired) electrons. The number of hydrogen-bond acceptors (Lipinski definition) is 5. The van der Waals surface area contributed by atoms with Crippen molar-refractivity contribution < 1.29 is 24.2 Å². The zero-order valence-electron chi connectivity index (χ0n) is 15.4. The summed E-state index contributed by atoms with van der Waals surface area (Å²) in [7, 11) is 0. The van der Waals surface area contributed by atoms with Gasteiger partial charge in [-0.2, -0.15) is 0 Å². The molecule has 0 aromatic heterocycles. The first-order valence-electron chi connectivity index (χ1n) is 8.01. The molecule has 0 aliphatic rings. The Hall–Kier alpha value is -1.88. The zero-order valence-corrected chi connectivity index (χ0v) is 15.4. The van der Waals surface area contributed by atoms with Crippen LogP contribution in [0.15, 0.2) is 0 Å².